The largest absolute Gasteiger partial charge is 0.489 e. The quantitative estimate of drug-likeness (QED) is 0.547. The number of hydrogen-bond acceptors (Lipinski definition) is 3. The molecule has 3 aromatic carbocycles. The fourth-order valence-corrected chi connectivity index (χ4v) is 3.05. The molecule has 0 fully saturated rings. The van der Waals surface area contributed by atoms with E-state index in [0.29, 0.717) is 22.8 Å². The van der Waals surface area contributed by atoms with E-state index in [1.54, 1.807) is 36.4 Å². The lowest BCUT2D eigenvalue weighted by Gasteiger charge is -2.07. The molecule has 4 heteroatoms. The van der Waals surface area contributed by atoms with Crippen molar-refractivity contribution in [3.63, 3.8) is 0 Å². The number of benzene rings is 3. The highest BCUT2D eigenvalue weighted by molar-refractivity contribution is 6.14. The lowest BCUT2D eigenvalue weighted by molar-refractivity contribution is 0.101. The maximum absolute atomic E-state index is 13.3. The molecule has 0 saturated carbocycles. The summed E-state index contributed by atoms with van der Waals surface area (Å²) in [4.78, 5) is 12.6. The van der Waals surface area contributed by atoms with Gasteiger partial charge in [-0.2, -0.15) is 0 Å². The number of fused-ring (bicyclic) bond motifs is 1. The summed E-state index contributed by atoms with van der Waals surface area (Å²) >= 11 is 0. The Morgan fingerprint density at radius 2 is 1.82 bits per heavy atom. The summed E-state index contributed by atoms with van der Waals surface area (Å²) in [5.41, 5.74) is 3.39. The van der Waals surface area contributed by atoms with Crippen LogP contribution in [0.25, 0.3) is 6.08 Å². The molecule has 28 heavy (non-hydrogen) atoms. The molecule has 0 saturated heterocycles. The molecular formula is C24H19FO3. The Kier molecular flexibility index (Phi) is 4.94. The number of aryl methyl sites for hydroxylation is 1. The Labute approximate surface area is 163 Å². The van der Waals surface area contributed by atoms with Crippen molar-refractivity contribution in [2.75, 3.05) is 0 Å². The first-order chi connectivity index (χ1) is 13.6. The molecule has 4 rings (SSSR count). The predicted molar refractivity (Wildman–Crippen MR) is 106 cm³/mol. The molecule has 0 N–H and O–H groups in total. The average Bonchev–Trinajstić information content (AvgIpc) is 3.02. The molecule has 1 aliphatic rings. The fraction of sp³-hybridized carbons (Fsp3) is 0.125. The average molecular weight is 374 g/mol. The van der Waals surface area contributed by atoms with Gasteiger partial charge in [-0.3, -0.25) is 4.79 Å². The van der Waals surface area contributed by atoms with E-state index in [1.807, 2.05) is 24.3 Å². The SMILES string of the molecule is CCc1ccc(/C=C2\Oc3cc(OCc4cccc(F)c4)ccc3C2=O)cc1. The minimum atomic E-state index is -0.300. The third-order valence-electron chi connectivity index (χ3n) is 4.62. The summed E-state index contributed by atoms with van der Waals surface area (Å²) in [6, 6.07) is 19.4. The van der Waals surface area contributed by atoms with E-state index in [2.05, 4.69) is 6.92 Å². The Morgan fingerprint density at radius 3 is 2.57 bits per heavy atom. The highest BCUT2D eigenvalue weighted by Gasteiger charge is 2.27. The Balaban J connectivity index is 1.49. The minimum Gasteiger partial charge on any atom is -0.489 e. The van der Waals surface area contributed by atoms with Gasteiger partial charge >= 0.3 is 0 Å². The minimum absolute atomic E-state index is 0.147. The Morgan fingerprint density at radius 1 is 1.00 bits per heavy atom. The van der Waals surface area contributed by atoms with Crippen LogP contribution in [-0.2, 0) is 13.0 Å². The number of allylic oxidation sites excluding steroid dienone is 1. The van der Waals surface area contributed by atoms with E-state index in [4.69, 9.17) is 9.47 Å². The van der Waals surface area contributed by atoms with Crippen LogP contribution in [0.15, 0.2) is 72.5 Å². The van der Waals surface area contributed by atoms with Crippen molar-refractivity contribution in [3.8, 4) is 11.5 Å². The molecule has 140 valence electrons. The predicted octanol–water partition coefficient (Wildman–Crippen LogP) is 5.58. The van der Waals surface area contributed by atoms with Crippen molar-refractivity contribution in [1.29, 1.82) is 0 Å². The zero-order valence-electron chi connectivity index (χ0n) is 15.4. The van der Waals surface area contributed by atoms with Crippen molar-refractivity contribution in [1.82, 2.24) is 0 Å². The van der Waals surface area contributed by atoms with Gasteiger partial charge in [-0.15, -0.1) is 0 Å². The molecule has 0 aromatic heterocycles. The molecule has 0 unspecified atom stereocenters. The van der Waals surface area contributed by atoms with E-state index in [1.165, 1.54) is 17.7 Å². The smallest absolute Gasteiger partial charge is 0.231 e. The number of halogens is 1. The molecule has 0 spiro atoms. The van der Waals surface area contributed by atoms with Gasteiger partial charge in [-0.25, -0.2) is 4.39 Å². The van der Waals surface area contributed by atoms with Crippen LogP contribution in [0.5, 0.6) is 11.5 Å². The number of ether oxygens (including phenoxy) is 2. The normalized spacial score (nSPS) is 14.1. The lowest BCUT2D eigenvalue weighted by Crippen LogP contribution is -1.98. The Hall–Kier alpha value is -3.40. The first-order valence-electron chi connectivity index (χ1n) is 9.17. The van der Waals surface area contributed by atoms with Crippen LogP contribution in [-0.4, -0.2) is 5.78 Å². The first-order valence-corrected chi connectivity index (χ1v) is 9.17. The van der Waals surface area contributed by atoms with Crippen molar-refractivity contribution in [3.05, 3.63) is 101 Å². The first kappa shape index (κ1) is 18.0. The number of Topliss-reactive ketones (excluding diaryl/α,β-unsaturated/α-hetero) is 1. The third kappa shape index (κ3) is 3.81. The van der Waals surface area contributed by atoms with E-state index < -0.39 is 0 Å². The number of carbonyl (C=O) groups excluding carboxylic acids is 1. The van der Waals surface area contributed by atoms with Crippen LogP contribution in [0, 0.1) is 5.82 Å². The molecule has 0 atom stereocenters. The standard InChI is InChI=1S/C24H19FO3/c1-2-16-6-8-17(9-7-16)13-23-24(26)21-11-10-20(14-22(21)28-23)27-15-18-4-3-5-19(25)12-18/h3-14H,2,15H2,1H3/b23-13-. The molecule has 0 radical (unpaired) electrons. The number of ketones is 1. The summed E-state index contributed by atoms with van der Waals surface area (Å²) in [5, 5.41) is 0. The summed E-state index contributed by atoms with van der Waals surface area (Å²) in [6.45, 7) is 2.33. The molecule has 0 bridgehead atoms. The summed E-state index contributed by atoms with van der Waals surface area (Å²) in [7, 11) is 0. The second-order valence-electron chi connectivity index (χ2n) is 6.61. The Bertz CT molecular complexity index is 1050. The number of hydrogen-bond donors (Lipinski definition) is 0. The third-order valence-corrected chi connectivity index (χ3v) is 4.62. The van der Waals surface area contributed by atoms with E-state index in [0.717, 1.165) is 17.5 Å². The van der Waals surface area contributed by atoms with Crippen molar-refractivity contribution >= 4 is 11.9 Å². The monoisotopic (exact) mass is 374 g/mol. The molecular weight excluding hydrogens is 355 g/mol. The van der Waals surface area contributed by atoms with Crippen LogP contribution in [0.1, 0.15) is 34.0 Å². The highest BCUT2D eigenvalue weighted by Crippen LogP contribution is 2.35. The zero-order valence-corrected chi connectivity index (χ0v) is 15.4. The van der Waals surface area contributed by atoms with E-state index in [-0.39, 0.29) is 18.2 Å². The summed E-state index contributed by atoms with van der Waals surface area (Å²) in [6.07, 6.45) is 2.71. The second-order valence-corrected chi connectivity index (χ2v) is 6.61. The van der Waals surface area contributed by atoms with Gasteiger partial charge in [-0.1, -0.05) is 43.3 Å². The van der Waals surface area contributed by atoms with Crippen molar-refractivity contribution in [2.24, 2.45) is 0 Å². The van der Waals surface area contributed by atoms with Gasteiger partial charge in [0.15, 0.2) is 5.76 Å². The molecule has 3 aromatic rings. The van der Waals surface area contributed by atoms with Gasteiger partial charge in [0.25, 0.3) is 0 Å². The van der Waals surface area contributed by atoms with Gasteiger partial charge in [-0.05, 0) is 53.5 Å². The molecule has 1 heterocycles. The molecule has 3 nitrogen and oxygen atoms in total. The topological polar surface area (TPSA) is 35.5 Å². The molecule has 0 amide bonds. The van der Waals surface area contributed by atoms with Gasteiger partial charge in [0, 0.05) is 6.07 Å². The fourth-order valence-electron chi connectivity index (χ4n) is 3.05. The lowest BCUT2D eigenvalue weighted by atomic mass is 10.1. The van der Waals surface area contributed by atoms with Gasteiger partial charge in [0.1, 0.15) is 23.9 Å². The number of carbonyl (C=O) groups is 1. The van der Waals surface area contributed by atoms with Crippen LogP contribution < -0.4 is 9.47 Å². The van der Waals surface area contributed by atoms with Gasteiger partial charge < -0.3 is 9.47 Å². The maximum atomic E-state index is 13.3. The van der Waals surface area contributed by atoms with E-state index in [9.17, 15) is 9.18 Å². The van der Waals surface area contributed by atoms with Crippen LogP contribution in [0.3, 0.4) is 0 Å². The van der Waals surface area contributed by atoms with Crippen molar-refractivity contribution < 1.29 is 18.7 Å². The van der Waals surface area contributed by atoms with Gasteiger partial charge in [0.05, 0.1) is 5.56 Å². The number of rotatable bonds is 5. The van der Waals surface area contributed by atoms with Crippen molar-refractivity contribution in [2.45, 2.75) is 20.0 Å². The van der Waals surface area contributed by atoms with E-state index >= 15 is 0 Å². The zero-order chi connectivity index (χ0) is 19.5. The van der Waals surface area contributed by atoms with Crippen LogP contribution in [0.4, 0.5) is 4.39 Å². The second kappa shape index (κ2) is 7.69. The highest BCUT2D eigenvalue weighted by atomic mass is 19.1. The van der Waals surface area contributed by atoms with Gasteiger partial charge in [0.2, 0.25) is 5.78 Å². The summed E-state index contributed by atoms with van der Waals surface area (Å²) < 4.78 is 24.7. The summed E-state index contributed by atoms with van der Waals surface area (Å²) in [5.74, 6) is 0.876. The van der Waals surface area contributed by atoms with Crippen LogP contribution in [0.2, 0.25) is 0 Å². The maximum Gasteiger partial charge on any atom is 0.231 e. The molecule has 0 aliphatic carbocycles. The van der Waals surface area contributed by atoms with Crippen LogP contribution >= 0.6 is 0 Å². The molecule has 1 aliphatic heterocycles.